The maximum atomic E-state index is 12.5. The smallest absolute Gasteiger partial charge is 0.333 e. The third-order valence-electron chi connectivity index (χ3n) is 3.19. The molecule has 1 atom stereocenters. The van der Waals surface area contributed by atoms with Crippen LogP contribution in [0.5, 0.6) is 0 Å². The van der Waals surface area contributed by atoms with Crippen LogP contribution in [0.2, 0.25) is 0 Å². The lowest BCUT2D eigenvalue weighted by molar-refractivity contribution is -0.167. The van der Waals surface area contributed by atoms with Crippen molar-refractivity contribution in [2.24, 2.45) is 11.1 Å². The van der Waals surface area contributed by atoms with Crippen LogP contribution in [0.25, 0.3) is 0 Å². The number of nitrogens with zero attached hydrogens (tertiary/aromatic N) is 1. The van der Waals surface area contributed by atoms with Gasteiger partial charge in [0.15, 0.2) is 0 Å². The molecule has 0 aromatic carbocycles. The summed E-state index contributed by atoms with van der Waals surface area (Å²) in [7, 11) is 0. The van der Waals surface area contributed by atoms with Crippen molar-refractivity contribution in [3.63, 3.8) is 0 Å². The van der Waals surface area contributed by atoms with Crippen LogP contribution in [0.1, 0.15) is 40.0 Å². The summed E-state index contributed by atoms with van der Waals surface area (Å²) in [6, 6.07) is 0. The quantitative estimate of drug-likeness (QED) is 0.771. The van der Waals surface area contributed by atoms with Crippen LogP contribution < -0.4 is 5.73 Å². The highest BCUT2D eigenvalue weighted by Crippen LogP contribution is 2.25. The molecule has 1 amide bonds. The number of hydrogen-bond acceptors (Lipinski definition) is 2. The summed E-state index contributed by atoms with van der Waals surface area (Å²) in [5.74, 6) is -0.502. The molecule has 0 radical (unpaired) electrons. The largest absolute Gasteiger partial charge is 0.406 e. The van der Waals surface area contributed by atoms with Crippen molar-refractivity contribution in [2.45, 2.75) is 46.2 Å². The predicted molar refractivity (Wildman–Crippen MR) is 65.0 cm³/mol. The van der Waals surface area contributed by atoms with Gasteiger partial charge >= 0.3 is 6.18 Å². The van der Waals surface area contributed by atoms with Crippen molar-refractivity contribution in [3.8, 4) is 0 Å². The van der Waals surface area contributed by atoms with Crippen LogP contribution >= 0.6 is 0 Å². The van der Waals surface area contributed by atoms with Gasteiger partial charge < -0.3 is 10.6 Å². The molecule has 18 heavy (non-hydrogen) atoms. The fraction of sp³-hybridized carbons (Fsp3) is 0.917. The van der Waals surface area contributed by atoms with E-state index >= 15 is 0 Å². The number of halogens is 3. The Labute approximate surface area is 107 Å². The van der Waals surface area contributed by atoms with Crippen molar-refractivity contribution in [1.29, 1.82) is 0 Å². The van der Waals surface area contributed by atoms with E-state index < -0.39 is 24.0 Å². The van der Waals surface area contributed by atoms with Crippen molar-refractivity contribution in [1.82, 2.24) is 4.90 Å². The van der Waals surface area contributed by atoms with Crippen LogP contribution in [-0.2, 0) is 4.79 Å². The zero-order valence-corrected chi connectivity index (χ0v) is 11.3. The first-order valence-electron chi connectivity index (χ1n) is 6.26. The molecular weight excluding hydrogens is 245 g/mol. The van der Waals surface area contributed by atoms with E-state index in [0.717, 1.165) is 11.3 Å². The van der Waals surface area contributed by atoms with Gasteiger partial charge in [0.2, 0.25) is 5.91 Å². The molecule has 0 heterocycles. The molecule has 0 aliphatic rings. The molecule has 0 aliphatic heterocycles. The van der Waals surface area contributed by atoms with Gasteiger partial charge in [0.05, 0.1) is 5.41 Å². The summed E-state index contributed by atoms with van der Waals surface area (Å²) in [5.41, 5.74) is 4.62. The maximum Gasteiger partial charge on any atom is 0.406 e. The molecule has 1 unspecified atom stereocenters. The summed E-state index contributed by atoms with van der Waals surface area (Å²) in [4.78, 5) is 13.0. The van der Waals surface area contributed by atoms with Crippen LogP contribution in [-0.4, -0.2) is 36.6 Å². The normalized spacial score (nSPS) is 15.3. The number of rotatable bonds is 7. The highest BCUT2D eigenvalue weighted by molar-refractivity contribution is 5.82. The first kappa shape index (κ1) is 17.2. The molecule has 0 spiro atoms. The molecule has 0 bridgehead atoms. The summed E-state index contributed by atoms with van der Waals surface area (Å²) >= 11 is 0. The summed E-state index contributed by atoms with van der Waals surface area (Å²) in [6.07, 6.45) is -2.63. The van der Waals surface area contributed by atoms with Crippen LogP contribution in [0.3, 0.4) is 0 Å². The Bertz CT molecular complexity index is 263. The van der Waals surface area contributed by atoms with Gasteiger partial charge in [0, 0.05) is 13.1 Å². The zero-order chi connectivity index (χ0) is 14.4. The fourth-order valence-electron chi connectivity index (χ4n) is 1.58. The zero-order valence-electron chi connectivity index (χ0n) is 11.3. The van der Waals surface area contributed by atoms with Crippen molar-refractivity contribution < 1.29 is 18.0 Å². The molecule has 6 heteroatoms. The van der Waals surface area contributed by atoms with Crippen molar-refractivity contribution in [3.05, 3.63) is 0 Å². The minimum atomic E-state index is -4.37. The van der Waals surface area contributed by atoms with Gasteiger partial charge in [0.25, 0.3) is 0 Å². The molecule has 3 nitrogen and oxygen atoms in total. The molecule has 0 aliphatic carbocycles. The SMILES string of the molecule is CCCCN(CC(F)(F)F)C(=O)C(C)(CC)CN. The highest BCUT2D eigenvalue weighted by atomic mass is 19.4. The molecule has 0 aromatic heterocycles. The van der Waals surface area contributed by atoms with Gasteiger partial charge in [-0.25, -0.2) is 0 Å². The Morgan fingerprint density at radius 2 is 1.83 bits per heavy atom. The second-order valence-corrected chi connectivity index (χ2v) is 4.81. The van der Waals surface area contributed by atoms with Crippen molar-refractivity contribution >= 4 is 5.91 Å². The maximum absolute atomic E-state index is 12.5. The number of alkyl halides is 3. The van der Waals surface area contributed by atoms with Gasteiger partial charge in [-0.3, -0.25) is 4.79 Å². The lowest BCUT2D eigenvalue weighted by atomic mass is 9.86. The molecule has 2 N–H and O–H groups in total. The average Bonchev–Trinajstić information content (AvgIpc) is 2.31. The van der Waals surface area contributed by atoms with Crippen LogP contribution in [0, 0.1) is 5.41 Å². The van der Waals surface area contributed by atoms with Crippen molar-refractivity contribution in [2.75, 3.05) is 19.6 Å². The fourth-order valence-corrected chi connectivity index (χ4v) is 1.58. The van der Waals surface area contributed by atoms with Gasteiger partial charge in [-0.2, -0.15) is 13.2 Å². The predicted octanol–water partition coefficient (Wildman–Crippen LogP) is 2.55. The first-order valence-corrected chi connectivity index (χ1v) is 6.26. The van der Waals surface area contributed by atoms with E-state index in [-0.39, 0.29) is 13.1 Å². The van der Waals surface area contributed by atoms with E-state index in [9.17, 15) is 18.0 Å². The van der Waals surface area contributed by atoms with E-state index in [4.69, 9.17) is 5.73 Å². The van der Waals surface area contributed by atoms with Crippen LogP contribution in [0.4, 0.5) is 13.2 Å². The minimum Gasteiger partial charge on any atom is -0.333 e. The van der Waals surface area contributed by atoms with Gasteiger partial charge in [-0.05, 0) is 19.8 Å². The molecule has 0 saturated heterocycles. The third kappa shape index (κ3) is 5.25. The summed E-state index contributed by atoms with van der Waals surface area (Å²) in [5, 5.41) is 0. The lowest BCUT2D eigenvalue weighted by Crippen LogP contribution is -2.49. The molecular formula is C12H23F3N2O. The highest BCUT2D eigenvalue weighted by Gasteiger charge is 2.39. The summed E-state index contributed by atoms with van der Waals surface area (Å²) in [6.45, 7) is 4.24. The second kappa shape index (κ2) is 6.97. The molecule has 0 rings (SSSR count). The minimum absolute atomic E-state index is 0.0583. The van der Waals surface area contributed by atoms with E-state index in [0.29, 0.717) is 12.8 Å². The Kier molecular flexibility index (Phi) is 6.67. The Hall–Kier alpha value is -0.780. The van der Waals surface area contributed by atoms with Gasteiger partial charge in [-0.1, -0.05) is 20.3 Å². The number of amides is 1. The number of unbranched alkanes of at least 4 members (excludes halogenated alkanes) is 1. The Morgan fingerprint density at radius 1 is 1.28 bits per heavy atom. The molecule has 108 valence electrons. The van der Waals surface area contributed by atoms with E-state index in [1.807, 2.05) is 6.92 Å². The molecule has 0 aromatic rings. The third-order valence-corrected chi connectivity index (χ3v) is 3.19. The lowest BCUT2D eigenvalue weighted by Gasteiger charge is -2.33. The van der Waals surface area contributed by atoms with E-state index in [1.165, 1.54) is 0 Å². The van der Waals surface area contributed by atoms with Gasteiger partial charge in [0.1, 0.15) is 6.54 Å². The Balaban J connectivity index is 4.89. The monoisotopic (exact) mass is 268 g/mol. The topological polar surface area (TPSA) is 46.3 Å². The molecule has 0 fully saturated rings. The second-order valence-electron chi connectivity index (χ2n) is 4.81. The average molecular weight is 268 g/mol. The molecule has 0 saturated carbocycles. The van der Waals surface area contributed by atoms with Gasteiger partial charge in [-0.15, -0.1) is 0 Å². The number of nitrogens with two attached hydrogens (primary N) is 1. The number of carbonyl (C=O) groups excluding carboxylic acids is 1. The van der Waals surface area contributed by atoms with Crippen LogP contribution in [0.15, 0.2) is 0 Å². The number of hydrogen-bond donors (Lipinski definition) is 1. The summed E-state index contributed by atoms with van der Waals surface area (Å²) < 4.78 is 37.4. The Morgan fingerprint density at radius 3 is 2.17 bits per heavy atom. The standard InChI is InChI=1S/C12H23F3N2O/c1-4-6-7-17(9-12(13,14)15)10(18)11(3,5-2)8-16/h4-9,16H2,1-3H3. The van der Waals surface area contributed by atoms with E-state index in [2.05, 4.69) is 0 Å². The number of carbonyl (C=O) groups is 1. The first-order chi connectivity index (χ1) is 8.20. The van der Waals surface area contributed by atoms with E-state index in [1.54, 1.807) is 13.8 Å².